The van der Waals surface area contributed by atoms with Gasteiger partial charge < -0.3 is 134 Å². The van der Waals surface area contributed by atoms with E-state index in [-0.39, 0.29) is 13.1 Å². The van der Waals surface area contributed by atoms with Gasteiger partial charge in [-0.25, -0.2) is 4.79 Å². The molecule has 0 aromatic rings. The number of nitrogens with one attached hydrogen (secondary N) is 1. The van der Waals surface area contributed by atoms with E-state index in [0.29, 0.717) is 0 Å². The van der Waals surface area contributed by atoms with Gasteiger partial charge in [0, 0.05) is 4.91 Å². The Bertz CT molecular complexity index is 1680. The van der Waals surface area contributed by atoms with E-state index in [0.717, 1.165) is 0 Å². The molecule has 0 spiro atoms. The summed E-state index contributed by atoms with van der Waals surface area (Å²) in [5.41, 5.74) is 7.29. The number of carbonyl (C=O) groups is 1. The highest BCUT2D eigenvalue weighted by Crippen LogP contribution is 2.36. The zero-order valence-corrected chi connectivity index (χ0v) is 34.8. The standard InChI is InChI=1S/C34H56N6O27/c35-40-37-7-34(38-39-34)6-36-33(57)67-27-22(55)26(9(2-42)58-28(27)56)66-32-21(54)17(50)25(12(5-45)62-32)65-31-20(53)16(49)24(11(4-44)61-31)64-30-19(52)15(48)23(10(3-43)60-30)63-29-18(51)14(47)13(46)8(1-41)59-29/h8-32,41-56H,1-7H2,(H,36,57)/t8?,9?,10?,11?,12?,13-,14+,15-,16-,17-,18?,19?,20?,21?,22+,23-,24-,25-,26-,27?,28-,29-,30-,31-,32-/m1/s1. The van der Waals surface area contributed by atoms with Gasteiger partial charge in [-0.3, -0.25) is 0 Å². The van der Waals surface area contributed by atoms with E-state index in [9.17, 15) is 86.5 Å². The lowest BCUT2D eigenvalue weighted by molar-refractivity contribution is -0.392. The maximum absolute atomic E-state index is 12.6. The van der Waals surface area contributed by atoms with Crippen LogP contribution in [0.15, 0.2) is 15.3 Å². The van der Waals surface area contributed by atoms with Crippen molar-refractivity contribution in [2.75, 3.05) is 46.1 Å². The third-order valence-corrected chi connectivity index (χ3v) is 11.8. The van der Waals surface area contributed by atoms with Crippen LogP contribution >= 0.6 is 0 Å². The summed E-state index contributed by atoms with van der Waals surface area (Å²) in [5.74, 6) is 0. The van der Waals surface area contributed by atoms with Crippen LogP contribution in [0.3, 0.4) is 0 Å². The van der Waals surface area contributed by atoms with Gasteiger partial charge in [-0.15, -0.1) is 0 Å². The fourth-order valence-electron chi connectivity index (χ4n) is 7.94. The Labute approximate surface area is 376 Å². The number of carbonyl (C=O) groups excluding carboxylic acids is 1. The number of azide groups is 1. The summed E-state index contributed by atoms with van der Waals surface area (Å²) in [6.07, 6.45) is -48.6. The Morgan fingerprint density at radius 3 is 1.24 bits per heavy atom. The fourth-order valence-corrected chi connectivity index (χ4v) is 7.94. The third-order valence-electron chi connectivity index (χ3n) is 11.8. The van der Waals surface area contributed by atoms with E-state index < -0.39 is 198 Å². The Morgan fingerprint density at radius 1 is 0.507 bits per heavy atom. The highest BCUT2D eigenvalue weighted by atomic mass is 16.8. The van der Waals surface area contributed by atoms with Crippen molar-refractivity contribution in [3.63, 3.8) is 0 Å². The molecule has 0 aliphatic carbocycles. The number of amides is 1. The average Bonchev–Trinajstić information content (AvgIpc) is 4.10. The minimum absolute atomic E-state index is 0.232. The summed E-state index contributed by atoms with van der Waals surface area (Å²) in [7, 11) is 0. The van der Waals surface area contributed by atoms with Crippen molar-refractivity contribution in [2.24, 2.45) is 15.3 Å². The molecule has 6 heterocycles. The minimum Gasteiger partial charge on any atom is -0.438 e. The number of hydrogen-bond donors (Lipinski definition) is 17. The Hall–Kier alpha value is -2.82. The smallest absolute Gasteiger partial charge is 0.407 e. The number of hydrogen-bond acceptors (Lipinski definition) is 30. The van der Waals surface area contributed by atoms with Crippen LogP contribution < -0.4 is 5.32 Å². The molecule has 6 aliphatic heterocycles. The molecule has 33 heteroatoms. The van der Waals surface area contributed by atoms with E-state index in [1.165, 1.54) is 0 Å². The van der Waals surface area contributed by atoms with Crippen LogP contribution in [-0.2, 0) is 47.4 Å². The van der Waals surface area contributed by atoms with Crippen LogP contribution in [-0.4, -0.2) is 293 Å². The van der Waals surface area contributed by atoms with E-state index in [2.05, 4.69) is 25.6 Å². The number of alkyl carbamates (subject to hydrolysis) is 1. The van der Waals surface area contributed by atoms with E-state index in [4.69, 9.17) is 52.9 Å². The normalized spacial score (nSPS) is 47.4. The highest BCUT2D eigenvalue weighted by molar-refractivity contribution is 5.67. The molecule has 17 N–H and O–H groups in total. The summed E-state index contributed by atoms with van der Waals surface area (Å²) >= 11 is 0. The van der Waals surface area contributed by atoms with Crippen molar-refractivity contribution in [1.29, 1.82) is 0 Å². The molecule has 6 aliphatic rings. The summed E-state index contributed by atoms with van der Waals surface area (Å²) < 4.78 is 54.9. The Kier molecular flexibility index (Phi) is 18.3. The molecule has 10 unspecified atom stereocenters. The molecule has 384 valence electrons. The number of aliphatic hydroxyl groups excluding tert-OH is 16. The van der Waals surface area contributed by atoms with Crippen molar-refractivity contribution in [1.82, 2.24) is 5.32 Å². The maximum Gasteiger partial charge on any atom is 0.407 e. The monoisotopic (exact) mass is 980 g/mol. The maximum atomic E-state index is 12.6. The molecule has 0 saturated carbocycles. The highest BCUT2D eigenvalue weighted by Gasteiger charge is 2.57. The molecule has 0 bridgehead atoms. The first kappa shape index (κ1) is 53.5. The molecule has 5 fully saturated rings. The van der Waals surface area contributed by atoms with Crippen LogP contribution in [0.1, 0.15) is 0 Å². The van der Waals surface area contributed by atoms with E-state index in [1.807, 2.05) is 0 Å². The molecule has 5 saturated heterocycles. The molecule has 0 aromatic carbocycles. The van der Waals surface area contributed by atoms with Crippen molar-refractivity contribution < 1.29 is 134 Å². The first-order valence-corrected chi connectivity index (χ1v) is 20.7. The molecule has 67 heavy (non-hydrogen) atoms. The topological polar surface area (TPSA) is 519 Å². The summed E-state index contributed by atoms with van der Waals surface area (Å²) in [6.45, 7) is -5.29. The van der Waals surface area contributed by atoms with Crippen molar-refractivity contribution in [2.45, 2.75) is 159 Å². The molecular formula is C34H56N6O27. The second-order valence-electron chi connectivity index (χ2n) is 16.3. The second-order valence-corrected chi connectivity index (χ2v) is 16.3. The molecule has 0 aromatic heterocycles. The number of ether oxygens (including phenoxy) is 10. The van der Waals surface area contributed by atoms with Gasteiger partial charge in [0.25, 0.3) is 0 Å². The summed E-state index contributed by atoms with van der Waals surface area (Å²) in [5, 5.41) is 182. The van der Waals surface area contributed by atoms with Crippen molar-refractivity contribution in [3.8, 4) is 0 Å². The molecule has 0 radical (unpaired) electrons. The van der Waals surface area contributed by atoms with Gasteiger partial charge in [-0.2, -0.15) is 10.2 Å². The lowest BCUT2D eigenvalue weighted by Gasteiger charge is -2.49. The zero-order chi connectivity index (χ0) is 49.1. The average molecular weight is 981 g/mol. The van der Waals surface area contributed by atoms with Gasteiger partial charge in [-0.05, 0) is 5.53 Å². The van der Waals surface area contributed by atoms with Gasteiger partial charge in [0.2, 0.25) is 5.66 Å². The quantitative estimate of drug-likeness (QED) is 0.0344. The largest absolute Gasteiger partial charge is 0.438 e. The van der Waals surface area contributed by atoms with E-state index in [1.54, 1.807) is 0 Å². The van der Waals surface area contributed by atoms with Gasteiger partial charge in [0.1, 0.15) is 116 Å². The lowest BCUT2D eigenvalue weighted by atomic mass is 9.95. The molecular weight excluding hydrogens is 924 g/mol. The zero-order valence-electron chi connectivity index (χ0n) is 34.8. The van der Waals surface area contributed by atoms with Crippen LogP contribution in [0.25, 0.3) is 10.4 Å². The number of rotatable bonds is 18. The van der Waals surface area contributed by atoms with Crippen molar-refractivity contribution >= 4 is 6.09 Å². The van der Waals surface area contributed by atoms with E-state index >= 15 is 0 Å². The van der Waals surface area contributed by atoms with Crippen LogP contribution in [0.2, 0.25) is 0 Å². The van der Waals surface area contributed by atoms with Gasteiger partial charge in [0.05, 0.1) is 46.1 Å². The third kappa shape index (κ3) is 11.5. The van der Waals surface area contributed by atoms with Gasteiger partial charge >= 0.3 is 6.09 Å². The summed E-state index contributed by atoms with van der Waals surface area (Å²) in [6, 6.07) is 0. The van der Waals surface area contributed by atoms with Crippen LogP contribution in [0.5, 0.6) is 0 Å². The van der Waals surface area contributed by atoms with Crippen molar-refractivity contribution in [3.05, 3.63) is 10.4 Å². The van der Waals surface area contributed by atoms with Gasteiger partial charge in [0.15, 0.2) is 37.6 Å². The number of aliphatic hydroxyl groups is 16. The first-order chi connectivity index (χ1) is 31.9. The van der Waals surface area contributed by atoms with Crippen LogP contribution in [0, 0.1) is 0 Å². The molecule has 25 atom stereocenters. The predicted octanol–water partition coefficient (Wildman–Crippen LogP) is -10.7. The first-order valence-electron chi connectivity index (χ1n) is 20.7. The fraction of sp³-hybridized carbons (Fsp3) is 0.971. The minimum atomic E-state index is -2.17. The van der Waals surface area contributed by atoms with Gasteiger partial charge in [-0.1, -0.05) is 5.11 Å². The van der Waals surface area contributed by atoms with Crippen LogP contribution in [0.4, 0.5) is 4.79 Å². The second kappa shape index (κ2) is 22.9. The lowest BCUT2D eigenvalue weighted by Crippen LogP contribution is -2.68. The summed E-state index contributed by atoms with van der Waals surface area (Å²) in [4.78, 5) is 15.1. The Morgan fingerprint density at radius 2 is 0.866 bits per heavy atom. The Balaban J connectivity index is 1.06. The molecule has 1 amide bonds. The SMILES string of the molecule is [N-]=[N+]=NCC1(CNC(=O)OC2[C@H](O)OC(CO)[C@@H](O[C@H]3OC(CO)[C@@H](O[C@H]4OC(CO)[C@@H](O[C@H]5OC(CO)[C@@H](O[C@H]6OC(CO)[C@@H](O)[C@H](O)C6O)[C@H](O)C5O)[C@H](O)C4O)[C@H](O)C3O)[C@@H]2O)N=N1. The number of nitrogens with zero attached hydrogens (tertiary/aromatic N) is 5. The predicted molar refractivity (Wildman–Crippen MR) is 200 cm³/mol. The molecule has 6 rings (SSSR count). The molecule has 33 nitrogen and oxygen atoms in total.